The number of phenolic OH excluding ortho intramolecular Hbond substituents is 1. The molecule has 0 bridgehead atoms. The molecule has 7 nitrogen and oxygen atoms in total. The second-order valence-electron chi connectivity index (χ2n) is 4.48. The molecule has 0 atom stereocenters. The molecule has 0 saturated heterocycles. The van der Waals surface area contributed by atoms with Crippen LogP contribution in [0, 0.1) is 17.0 Å². The maximum absolute atomic E-state index is 12.2. The lowest BCUT2D eigenvalue weighted by atomic mass is 10.2. The number of nitro benzene ring substituents is 1. The first-order chi connectivity index (χ1) is 10.2. The Labute approximate surface area is 131 Å². The molecule has 0 heterocycles. The average molecular weight is 343 g/mol. The number of sulfonamides is 1. The Hall–Kier alpha value is -2.32. The predicted molar refractivity (Wildman–Crippen MR) is 81.8 cm³/mol. The summed E-state index contributed by atoms with van der Waals surface area (Å²) in [5.74, 6) is -0.609. The summed E-state index contributed by atoms with van der Waals surface area (Å²) in [4.78, 5) is 9.55. The van der Waals surface area contributed by atoms with Crippen molar-refractivity contribution in [2.75, 3.05) is 4.72 Å². The molecule has 22 heavy (non-hydrogen) atoms. The van der Waals surface area contributed by atoms with Gasteiger partial charge in [0.2, 0.25) is 0 Å². The smallest absolute Gasteiger partial charge is 0.312 e. The Morgan fingerprint density at radius 1 is 1.23 bits per heavy atom. The minimum absolute atomic E-state index is 0.228. The molecule has 0 spiro atoms. The lowest BCUT2D eigenvalue weighted by molar-refractivity contribution is -0.386. The Morgan fingerprint density at radius 3 is 2.50 bits per heavy atom. The summed E-state index contributed by atoms with van der Waals surface area (Å²) in [6.07, 6.45) is 0. The number of phenols is 1. The van der Waals surface area contributed by atoms with E-state index in [0.29, 0.717) is 5.02 Å². The average Bonchev–Trinajstić information content (AvgIpc) is 2.42. The van der Waals surface area contributed by atoms with Crippen molar-refractivity contribution in [1.29, 1.82) is 0 Å². The van der Waals surface area contributed by atoms with Gasteiger partial charge >= 0.3 is 5.69 Å². The van der Waals surface area contributed by atoms with Crippen LogP contribution in [0.4, 0.5) is 11.4 Å². The maximum atomic E-state index is 12.2. The van der Waals surface area contributed by atoms with E-state index in [1.54, 1.807) is 13.0 Å². The highest BCUT2D eigenvalue weighted by Crippen LogP contribution is 2.29. The van der Waals surface area contributed by atoms with Crippen molar-refractivity contribution in [2.24, 2.45) is 0 Å². The van der Waals surface area contributed by atoms with Crippen LogP contribution in [0.5, 0.6) is 5.75 Å². The monoisotopic (exact) mass is 342 g/mol. The molecule has 0 fully saturated rings. The van der Waals surface area contributed by atoms with E-state index in [0.717, 1.165) is 23.8 Å². The van der Waals surface area contributed by atoms with Gasteiger partial charge in [0.1, 0.15) is 0 Å². The van der Waals surface area contributed by atoms with Gasteiger partial charge in [-0.2, -0.15) is 0 Å². The molecule has 2 aromatic rings. The molecule has 2 N–H and O–H groups in total. The molecule has 0 aromatic heterocycles. The van der Waals surface area contributed by atoms with Crippen LogP contribution in [-0.4, -0.2) is 18.4 Å². The Bertz CT molecular complexity index is 852. The van der Waals surface area contributed by atoms with Gasteiger partial charge in [0.15, 0.2) is 5.75 Å². The number of nitro groups is 1. The minimum atomic E-state index is -4.04. The number of nitrogens with zero attached hydrogens (tertiary/aromatic N) is 1. The van der Waals surface area contributed by atoms with E-state index in [9.17, 15) is 23.6 Å². The molecule has 2 aromatic carbocycles. The third kappa shape index (κ3) is 3.29. The number of aromatic hydroxyl groups is 1. The molecule has 0 saturated carbocycles. The standard InChI is InChI=1S/C13H11ClN2O5S/c1-8-2-3-9(6-11(8)14)15-22(20,21)10-4-5-13(17)12(7-10)16(18)19/h2-7,15,17H,1H3. The first kappa shape index (κ1) is 16.1. The van der Waals surface area contributed by atoms with Crippen molar-refractivity contribution < 1.29 is 18.4 Å². The van der Waals surface area contributed by atoms with Gasteiger partial charge in [0.05, 0.1) is 15.5 Å². The molecule has 0 unspecified atom stereocenters. The molecule has 0 aliphatic heterocycles. The molecule has 0 aliphatic rings. The first-order valence-electron chi connectivity index (χ1n) is 5.97. The summed E-state index contributed by atoms with van der Waals surface area (Å²) in [6.45, 7) is 1.77. The van der Waals surface area contributed by atoms with Crippen molar-refractivity contribution in [2.45, 2.75) is 11.8 Å². The summed E-state index contributed by atoms with van der Waals surface area (Å²) in [7, 11) is -4.04. The normalized spacial score (nSPS) is 11.2. The number of rotatable bonds is 4. The van der Waals surface area contributed by atoms with E-state index in [4.69, 9.17) is 11.6 Å². The third-order valence-electron chi connectivity index (χ3n) is 2.88. The van der Waals surface area contributed by atoms with Crippen molar-refractivity contribution >= 4 is 33.0 Å². The van der Waals surface area contributed by atoms with Gasteiger partial charge in [-0.3, -0.25) is 14.8 Å². The van der Waals surface area contributed by atoms with E-state index in [1.807, 2.05) is 0 Å². The van der Waals surface area contributed by atoms with Gasteiger partial charge in [0, 0.05) is 11.1 Å². The molecular formula is C13H11ClN2O5S. The van der Waals surface area contributed by atoms with Crippen LogP contribution in [0.25, 0.3) is 0 Å². The van der Waals surface area contributed by atoms with Gasteiger partial charge in [-0.25, -0.2) is 8.42 Å². The largest absolute Gasteiger partial charge is 0.502 e. The van der Waals surface area contributed by atoms with Gasteiger partial charge < -0.3 is 5.11 Å². The first-order valence-corrected chi connectivity index (χ1v) is 7.83. The fourth-order valence-corrected chi connectivity index (χ4v) is 2.94. The van der Waals surface area contributed by atoms with Gasteiger partial charge in [-0.15, -0.1) is 0 Å². The fourth-order valence-electron chi connectivity index (χ4n) is 1.69. The summed E-state index contributed by atoms with van der Waals surface area (Å²) in [5.41, 5.74) is 0.320. The number of nitrogens with one attached hydrogen (secondary N) is 1. The second kappa shape index (κ2) is 5.82. The van der Waals surface area contributed by atoms with Crippen LogP contribution in [0.3, 0.4) is 0 Å². The molecule has 0 radical (unpaired) electrons. The molecule has 116 valence electrons. The minimum Gasteiger partial charge on any atom is -0.502 e. The predicted octanol–water partition coefficient (Wildman–Crippen LogP) is 3.06. The number of aryl methyl sites for hydroxylation is 1. The number of anilines is 1. The van der Waals surface area contributed by atoms with E-state index in [-0.39, 0.29) is 10.6 Å². The Balaban J connectivity index is 2.40. The van der Waals surface area contributed by atoms with Crippen molar-refractivity contribution in [3.8, 4) is 5.75 Å². The number of hydrogen-bond acceptors (Lipinski definition) is 5. The summed E-state index contributed by atoms with van der Waals surface area (Å²) in [5, 5.41) is 20.5. The summed E-state index contributed by atoms with van der Waals surface area (Å²) < 4.78 is 26.7. The summed E-state index contributed by atoms with van der Waals surface area (Å²) in [6, 6.07) is 7.40. The summed E-state index contributed by atoms with van der Waals surface area (Å²) >= 11 is 5.92. The Morgan fingerprint density at radius 2 is 1.91 bits per heavy atom. The maximum Gasteiger partial charge on any atom is 0.312 e. The lowest BCUT2D eigenvalue weighted by Gasteiger charge is -2.09. The van der Waals surface area contributed by atoms with E-state index in [1.165, 1.54) is 12.1 Å². The highest BCUT2D eigenvalue weighted by Gasteiger charge is 2.21. The zero-order valence-electron chi connectivity index (χ0n) is 11.3. The van der Waals surface area contributed by atoms with Crippen LogP contribution in [0.15, 0.2) is 41.3 Å². The fraction of sp³-hybridized carbons (Fsp3) is 0.0769. The van der Waals surface area contributed by atoms with Crippen LogP contribution >= 0.6 is 11.6 Å². The number of halogens is 1. The van der Waals surface area contributed by atoms with Crippen LogP contribution in [0.1, 0.15) is 5.56 Å². The van der Waals surface area contributed by atoms with Gasteiger partial charge in [0.25, 0.3) is 10.0 Å². The van der Waals surface area contributed by atoms with Crippen LogP contribution in [-0.2, 0) is 10.0 Å². The second-order valence-corrected chi connectivity index (χ2v) is 6.57. The quantitative estimate of drug-likeness (QED) is 0.655. The molecule has 9 heteroatoms. The molecule has 0 aliphatic carbocycles. The van der Waals surface area contributed by atoms with Gasteiger partial charge in [-0.1, -0.05) is 17.7 Å². The van der Waals surface area contributed by atoms with Crippen molar-refractivity contribution in [3.05, 3.63) is 57.1 Å². The van der Waals surface area contributed by atoms with Crippen molar-refractivity contribution in [1.82, 2.24) is 0 Å². The van der Waals surface area contributed by atoms with E-state index in [2.05, 4.69) is 4.72 Å². The highest BCUT2D eigenvalue weighted by atomic mass is 35.5. The number of benzene rings is 2. The topological polar surface area (TPSA) is 110 Å². The number of hydrogen-bond donors (Lipinski definition) is 2. The van der Waals surface area contributed by atoms with Crippen LogP contribution < -0.4 is 4.72 Å². The zero-order chi connectivity index (χ0) is 16.5. The van der Waals surface area contributed by atoms with Crippen LogP contribution in [0.2, 0.25) is 5.02 Å². The van der Waals surface area contributed by atoms with Crippen molar-refractivity contribution in [3.63, 3.8) is 0 Å². The SMILES string of the molecule is Cc1ccc(NS(=O)(=O)c2ccc(O)c([N+](=O)[O-])c2)cc1Cl. The molecular weight excluding hydrogens is 332 g/mol. The Kier molecular flexibility index (Phi) is 4.25. The van der Waals surface area contributed by atoms with E-state index >= 15 is 0 Å². The van der Waals surface area contributed by atoms with Gasteiger partial charge in [-0.05, 0) is 36.8 Å². The lowest BCUT2D eigenvalue weighted by Crippen LogP contribution is -2.13. The zero-order valence-corrected chi connectivity index (χ0v) is 12.9. The van der Waals surface area contributed by atoms with E-state index < -0.39 is 26.4 Å². The molecule has 0 amide bonds. The highest BCUT2D eigenvalue weighted by molar-refractivity contribution is 7.92. The molecule has 2 rings (SSSR count). The third-order valence-corrected chi connectivity index (χ3v) is 4.66.